The molecule has 3 N–H and O–H groups in total. The van der Waals surface area contributed by atoms with E-state index in [9.17, 15) is 5.11 Å². The van der Waals surface area contributed by atoms with E-state index in [4.69, 9.17) is 5.84 Å². The fraction of sp³-hybridized carbons (Fsp3) is 1.00. The van der Waals surface area contributed by atoms with E-state index < -0.39 is 0 Å². The summed E-state index contributed by atoms with van der Waals surface area (Å²) in [6.45, 7) is 3.33. The van der Waals surface area contributed by atoms with E-state index >= 15 is 0 Å². The van der Waals surface area contributed by atoms with Gasteiger partial charge in [-0.25, -0.2) is 0 Å². The zero-order valence-electron chi connectivity index (χ0n) is 8.19. The molecule has 0 amide bonds. The molecular formula is C8H19N4O+. The van der Waals surface area contributed by atoms with Crippen molar-refractivity contribution >= 4 is 0 Å². The van der Waals surface area contributed by atoms with Crippen molar-refractivity contribution in [2.45, 2.75) is 18.9 Å². The number of hydrazine groups is 1. The highest BCUT2D eigenvalue weighted by Gasteiger charge is 2.15. The second-order valence-corrected chi connectivity index (χ2v) is 3.56. The lowest BCUT2D eigenvalue weighted by molar-refractivity contribution is -0.579. The van der Waals surface area contributed by atoms with Gasteiger partial charge in [-0.05, 0) is 35.9 Å². The molecule has 1 aliphatic rings. The molecule has 1 heterocycles. The van der Waals surface area contributed by atoms with Gasteiger partial charge in [-0.3, -0.25) is 0 Å². The summed E-state index contributed by atoms with van der Waals surface area (Å²) in [4.78, 5) is 3.50. The van der Waals surface area contributed by atoms with Crippen LogP contribution in [0.15, 0.2) is 5.11 Å². The largest absolute Gasteiger partial charge is 0.390 e. The number of azo groups is 1. The van der Waals surface area contributed by atoms with Gasteiger partial charge in [0.15, 0.2) is 7.05 Å². The Morgan fingerprint density at radius 2 is 2.15 bits per heavy atom. The molecule has 5 heteroatoms. The van der Waals surface area contributed by atoms with Gasteiger partial charge in [0.05, 0.1) is 6.10 Å². The Hall–Kier alpha value is -0.680. The average Bonchev–Trinajstić information content (AvgIpc) is 2.53. The zero-order chi connectivity index (χ0) is 9.68. The Labute approximate surface area is 78.8 Å². The van der Waals surface area contributed by atoms with E-state index in [2.05, 4.69) is 10.0 Å². The Bertz CT molecular complexity index is 173. The van der Waals surface area contributed by atoms with Crippen LogP contribution in [-0.2, 0) is 0 Å². The summed E-state index contributed by atoms with van der Waals surface area (Å²) in [5.74, 6) is 5.29. The summed E-state index contributed by atoms with van der Waals surface area (Å²) in [5, 5.41) is 13.4. The van der Waals surface area contributed by atoms with Crippen molar-refractivity contribution < 1.29 is 9.91 Å². The minimum Gasteiger partial charge on any atom is -0.390 e. The Balaban J connectivity index is 2.16. The molecule has 1 rings (SSSR count). The van der Waals surface area contributed by atoms with Crippen LogP contribution in [0.3, 0.4) is 0 Å². The van der Waals surface area contributed by atoms with E-state index in [1.165, 1.54) is 17.6 Å². The van der Waals surface area contributed by atoms with E-state index in [1.807, 2.05) is 0 Å². The molecule has 0 aromatic rings. The molecule has 0 unspecified atom stereocenters. The van der Waals surface area contributed by atoms with Gasteiger partial charge in [-0.15, -0.1) is 0 Å². The maximum Gasteiger partial charge on any atom is 0.190 e. The van der Waals surface area contributed by atoms with Crippen molar-refractivity contribution in [3.63, 3.8) is 0 Å². The first-order valence-electron chi connectivity index (χ1n) is 4.75. The molecule has 1 saturated heterocycles. The van der Waals surface area contributed by atoms with Gasteiger partial charge >= 0.3 is 0 Å². The summed E-state index contributed by atoms with van der Waals surface area (Å²) >= 11 is 0. The first-order valence-corrected chi connectivity index (χ1v) is 4.75. The summed E-state index contributed by atoms with van der Waals surface area (Å²) in [7, 11) is 1.66. The van der Waals surface area contributed by atoms with Gasteiger partial charge in [-0.1, -0.05) is 0 Å². The predicted molar refractivity (Wildman–Crippen MR) is 49.3 cm³/mol. The first-order chi connectivity index (χ1) is 6.18. The molecule has 0 bridgehead atoms. The van der Waals surface area contributed by atoms with E-state index in [-0.39, 0.29) is 6.10 Å². The lowest BCUT2D eigenvalue weighted by Gasteiger charge is -2.16. The Morgan fingerprint density at radius 3 is 2.69 bits per heavy atom. The highest BCUT2D eigenvalue weighted by molar-refractivity contribution is 4.70. The monoisotopic (exact) mass is 187 g/mol. The second kappa shape index (κ2) is 5.14. The maximum atomic E-state index is 9.54. The van der Waals surface area contributed by atoms with Crippen LogP contribution in [-0.4, -0.2) is 54.1 Å². The lowest BCUT2D eigenvalue weighted by Crippen LogP contribution is -2.32. The predicted octanol–water partition coefficient (Wildman–Crippen LogP) is -0.589. The molecule has 5 nitrogen and oxygen atoms in total. The number of hydrogen-bond donors (Lipinski definition) is 2. The number of aliphatic hydroxyl groups is 1. The fourth-order valence-electron chi connectivity index (χ4n) is 1.54. The maximum absolute atomic E-state index is 9.54. The van der Waals surface area contributed by atoms with Crippen LogP contribution in [0, 0.1) is 0 Å². The zero-order valence-corrected chi connectivity index (χ0v) is 8.19. The molecular weight excluding hydrogens is 168 g/mol. The smallest absolute Gasteiger partial charge is 0.190 e. The minimum absolute atomic E-state index is 0.385. The van der Waals surface area contributed by atoms with Crippen molar-refractivity contribution in [1.82, 2.24) is 4.90 Å². The normalized spacial score (nSPS) is 22.2. The first kappa shape index (κ1) is 10.4. The molecule has 0 aromatic heterocycles. The Kier molecular flexibility index (Phi) is 4.11. The number of aliphatic hydroxyl groups excluding tert-OH is 1. The number of hydrogen-bond acceptors (Lipinski definition) is 3. The van der Waals surface area contributed by atoms with Crippen molar-refractivity contribution in [3.05, 3.63) is 0 Å². The minimum atomic E-state index is -0.385. The van der Waals surface area contributed by atoms with Crippen LogP contribution in [0.4, 0.5) is 0 Å². The van der Waals surface area contributed by atoms with Crippen molar-refractivity contribution in [3.8, 4) is 0 Å². The quantitative estimate of drug-likeness (QED) is 0.268. The SMILES string of the molecule is C[N+](N)=NC[C@H](O)CN1CCCC1. The molecule has 0 aliphatic carbocycles. The van der Waals surface area contributed by atoms with Gasteiger partial charge in [0, 0.05) is 6.54 Å². The van der Waals surface area contributed by atoms with E-state index in [0.717, 1.165) is 19.6 Å². The van der Waals surface area contributed by atoms with Crippen LogP contribution >= 0.6 is 0 Å². The number of nitrogens with two attached hydrogens (primary N) is 1. The van der Waals surface area contributed by atoms with Crippen molar-refractivity contribution in [2.75, 3.05) is 33.2 Å². The Morgan fingerprint density at radius 1 is 1.54 bits per heavy atom. The molecule has 0 spiro atoms. The molecule has 1 fully saturated rings. The third kappa shape index (κ3) is 4.19. The van der Waals surface area contributed by atoms with Crippen molar-refractivity contribution in [1.29, 1.82) is 0 Å². The summed E-state index contributed by atoms with van der Waals surface area (Å²) in [6, 6.07) is 0. The summed E-state index contributed by atoms with van der Waals surface area (Å²) < 4.78 is 0. The number of rotatable bonds is 4. The van der Waals surface area contributed by atoms with Crippen LogP contribution in [0.25, 0.3) is 0 Å². The fourth-order valence-corrected chi connectivity index (χ4v) is 1.54. The highest BCUT2D eigenvalue weighted by Crippen LogP contribution is 2.07. The number of β-amino-alcohol motifs (C(OH)–C–C–N with tert-alkyl or cyclic N) is 1. The topological polar surface area (TPSA) is 64.9 Å². The molecule has 0 saturated carbocycles. The van der Waals surface area contributed by atoms with Gasteiger partial charge < -0.3 is 10.0 Å². The van der Waals surface area contributed by atoms with Gasteiger partial charge in [-0.2, -0.15) is 5.84 Å². The summed E-state index contributed by atoms with van der Waals surface area (Å²) in [6.07, 6.45) is 2.12. The van der Waals surface area contributed by atoms with E-state index in [0.29, 0.717) is 6.54 Å². The average molecular weight is 187 g/mol. The van der Waals surface area contributed by atoms with Gasteiger partial charge in [0.25, 0.3) is 0 Å². The van der Waals surface area contributed by atoms with E-state index in [1.54, 1.807) is 7.05 Å². The number of nitrogens with zero attached hydrogens (tertiary/aromatic N) is 3. The van der Waals surface area contributed by atoms with Crippen LogP contribution in [0.2, 0.25) is 0 Å². The molecule has 76 valence electrons. The molecule has 0 aromatic carbocycles. The van der Waals surface area contributed by atoms with Crippen LogP contribution < -0.4 is 5.84 Å². The van der Waals surface area contributed by atoms with Crippen LogP contribution in [0.5, 0.6) is 0 Å². The third-order valence-electron chi connectivity index (χ3n) is 2.18. The molecule has 0 radical (unpaired) electrons. The van der Waals surface area contributed by atoms with Crippen LogP contribution in [0.1, 0.15) is 12.8 Å². The summed E-state index contributed by atoms with van der Waals surface area (Å²) in [5.41, 5.74) is 0. The second-order valence-electron chi connectivity index (χ2n) is 3.56. The molecule has 13 heavy (non-hydrogen) atoms. The van der Waals surface area contributed by atoms with Gasteiger partial charge in [0.2, 0.25) is 0 Å². The lowest BCUT2D eigenvalue weighted by atomic mass is 10.3. The molecule has 1 aliphatic heterocycles. The van der Waals surface area contributed by atoms with Gasteiger partial charge in [0.1, 0.15) is 6.54 Å². The van der Waals surface area contributed by atoms with Crippen molar-refractivity contribution in [2.24, 2.45) is 11.0 Å². The number of likely N-dealkylation sites (tertiary alicyclic amines) is 1. The highest BCUT2D eigenvalue weighted by atomic mass is 16.3. The molecule has 1 atom stereocenters. The standard InChI is InChI=1S/C8H19N4O/c1-11(9)10-6-8(13)7-12-4-2-3-5-12/h8,13H,2-7H2,1H3,(H2,9,10)/q+1/t8-/m0/s1. The third-order valence-corrected chi connectivity index (χ3v) is 2.18.